The number of ketones is 1. The van der Waals surface area contributed by atoms with Crippen LogP contribution < -0.4 is 0 Å². The number of Topliss-reactive ketones (excluding diaryl/α,β-unsaturated/α-hetero) is 1. The fourth-order valence-corrected chi connectivity index (χ4v) is 3.06. The van der Waals surface area contributed by atoms with Gasteiger partial charge in [0.1, 0.15) is 0 Å². The van der Waals surface area contributed by atoms with E-state index >= 15 is 0 Å². The van der Waals surface area contributed by atoms with Crippen LogP contribution in [0.1, 0.15) is 20.9 Å². The molecule has 0 atom stereocenters. The monoisotopic (exact) mass is 267 g/mol. The van der Waals surface area contributed by atoms with E-state index in [-0.39, 0.29) is 5.78 Å². The van der Waals surface area contributed by atoms with Gasteiger partial charge in [-0.1, -0.05) is 24.3 Å². The van der Waals surface area contributed by atoms with Crippen molar-refractivity contribution in [1.29, 1.82) is 0 Å². The van der Waals surface area contributed by atoms with E-state index < -0.39 is 0 Å². The summed E-state index contributed by atoms with van der Waals surface area (Å²) in [6.07, 6.45) is 2.11. The van der Waals surface area contributed by atoms with Crippen molar-refractivity contribution in [3.05, 3.63) is 64.8 Å². The number of nitrogens with zero attached hydrogens (tertiary/aromatic N) is 1. The average molecular weight is 267 g/mol. The molecule has 3 heteroatoms. The zero-order valence-electron chi connectivity index (χ0n) is 10.6. The lowest BCUT2D eigenvalue weighted by Crippen LogP contribution is -2.04. The first-order valence-electron chi connectivity index (χ1n) is 6.16. The molecule has 0 radical (unpaired) electrons. The summed E-state index contributed by atoms with van der Waals surface area (Å²) >= 11 is 1.55. The van der Waals surface area contributed by atoms with Gasteiger partial charge in [-0.2, -0.15) is 0 Å². The molecule has 0 aliphatic carbocycles. The maximum absolute atomic E-state index is 12.3. The van der Waals surface area contributed by atoms with Crippen LogP contribution in [0.15, 0.2) is 48.7 Å². The quantitative estimate of drug-likeness (QED) is 0.671. The summed E-state index contributed by atoms with van der Waals surface area (Å²) in [5.41, 5.74) is 1.93. The van der Waals surface area contributed by atoms with Crippen LogP contribution in [-0.2, 0) is 6.42 Å². The van der Waals surface area contributed by atoms with Crippen molar-refractivity contribution in [1.82, 2.24) is 4.98 Å². The number of fused-ring (bicyclic) bond motifs is 1. The maximum atomic E-state index is 12.3. The molecule has 0 spiro atoms. The minimum absolute atomic E-state index is 0.142. The van der Waals surface area contributed by atoms with Crippen LogP contribution in [0.2, 0.25) is 0 Å². The first-order chi connectivity index (χ1) is 9.24. The second-order valence-corrected chi connectivity index (χ2v) is 5.60. The van der Waals surface area contributed by atoms with Crippen molar-refractivity contribution in [3.8, 4) is 0 Å². The molecule has 0 aliphatic heterocycles. The standard InChI is InChI=1S/C16H13NOS/c1-11-5-4-8-17-13(11)10-14(18)16-9-12-6-2-3-7-15(12)19-16/h2-9H,10H2,1H3. The minimum atomic E-state index is 0.142. The van der Waals surface area contributed by atoms with Crippen LogP contribution in [0.3, 0.4) is 0 Å². The maximum Gasteiger partial charge on any atom is 0.178 e. The van der Waals surface area contributed by atoms with Crippen LogP contribution >= 0.6 is 11.3 Å². The van der Waals surface area contributed by atoms with Gasteiger partial charge in [-0.25, -0.2) is 0 Å². The summed E-state index contributed by atoms with van der Waals surface area (Å²) < 4.78 is 1.16. The summed E-state index contributed by atoms with van der Waals surface area (Å²) in [4.78, 5) is 17.4. The van der Waals surface area contributed by atoms with Gasteiger partial charge >= 0.3 is 0 Å². The van der Waals surface area contributed by atoms with Crippen molar-refractivity contribution in [2.24, 2.45) is 0 Å². The van der Waals surface area contributed by atoms with Crippen molar-refractivity contribution >= 4 is 27.2 Å². The second kappa shape index (κ2) is 4.94. The molecule has 2 nitrogen and oxygen atoms in total. The summed E-state index contributed by atoms with van der Waals surface area (Å²) in [6.45, 7) is 1.99. The molecule has 1 aromatic carbocycles. The fourth-order valence-electron chi connectivity index (χ4n) is 2.06. The molecular formula is C16H13NOS. The SMILES string of the molecule is Cc1cccnc1CC(=O)c1cc2ccccc2s1. The Morgan fingerprint density at radius 1 is 1.21 bits per heavy atom. The number of carbonyl (C=O) groups excluding carboxylic acids is 1. The lowest BCUT2D eigenvalue weighted by molar-refractivity contribution is 0.0995. The van der Waals surface area contributed by atoms with Gasteiger partial charge in [-0.15, -0.1) is 11.3 Å². The molecule has 0 N–H and O–H groups in total. The minimum Gasteiger partial charge on any atom is -0.293 e. The van der Waals surface area contributed by atoms with Gasteiger partial charge in [0.2, 0.25) is 0 Å². The average Bonchev–Trinajstić information content (AvgIpc) is 2.85. The molecule has 0 fully saturated rings. The Kier molecular flexibility index (Phi) is 3.13. The molecule has 0 unspecified atom stereocenters. The normalized spacial score (nSPS) is 10.8. The zero-order valence-corrected chi connectivity index (χ0v) is 11.4. The number of hydrogen-bond acceptors (Lipinski definition) is 3. The molecule has 0 saturated heterocycles. The first-order valence-corrected chi connectivity index (χ1v) is 6.98. The van der Waals surface area contributed by atoms with Gasteiger partial charge in [0.25, 0.3) is 0 Å². The Bertz CT molecular complexity index is 712. The number of aryl methyl sites for hydroxylation is 1. The van der Waals surface area contributed by atoms with Gasteiger partial charge in [-0.05, 0) is 36.1 Å². The Balaban J connectivity index is 1.90. The van der Waals surface area contributed by atoms with E-state index in [0.29, 0.717) is 6.42 Å². The van der Waals surface area contributed by atoms with Crippen molar-refractivity contribution < 1.29 is 4.79 Å². The lowest BCUT2D eigenvalue weighted by atomic mass is 10.1. The van der Waals surface area contributed by atoms with Crippen molar-refractivity contribution in [3.63, 3.8) is 0 Å². The van der Waals surface area contributed by atoms with E-state index in [1.165, 1.54) is 0 Å². The van der Waals surface area contributed by atoms with Gasteiger partial charge in [0.15, 0.2) is 5.78 Å². The molecule has 3 aromatic rings. The molecule has 2 heterocycles. The predicted molar refractivity (Wildman–Crippen MR) is 78.8 cm³/mol. The third kappa shape index (κ3) is 2.42. The Morgan fingerprint density at radius 3 is 2.84 bits per heavy atom. The van der Waals surface area contributed by atoms with Crippen LogP contribution in [0, 0.1) is 6.92 Å². The summed E-state index contributed by atoms with van der Waals surface area (Å²) in [5.74, 6) is 0.142. The number of hydrogen-bond donors (Lipinski definition) is 0. The molecule has 2 aromatic heterocycles. The van der Waals surface area contributed by atoms with Gasteiger partial charge < -0.3 is 0 Å². The van der Waals surface area contributed by atoms with Gasteiger partial charge in [-0.3, -0.25) is 9.78 Å². The third-order valence-corrected chi connectivity index (χ3v) is 4.30. The van der Waals surface area contributed by atoms with Crippen LogP contribution in [-0.4, -0.2) is 10.8 Å². The highest BCUT2D eigenvalue weighted by molar-refractivity contribution is 7.20. The van der Waals surface area contributed by atoms with Crippen molar-refractivity contribution in [2.75, 3.05) is 0 Å². The lowest BCUT2D eigenvalue weighted by Gasteiger charge is -2.01. The van der Waals surface area contributed by atoms with Crippen LogP contribution in [0.25, 0.3) is 10.1 Å². The number of aromatic nitrogens is 1. The predicted octanol–water partition coefficient (Wildman–Crippen LogP) is 4.03. The molecule has 0 aliphatic rings. The van der Waals surface area contributed by atoms with Crippen LogP contribution in [0.4, 0.5) is 0 Å². The van der Waals surface area contributed by atoms with E-state index in [4.69, 9.17) is 0 Å². The zero-order chi connectivity index (χ0) is 13.2. The largest absolute Gasteiger partial charge is 0.293 e. The van der Waals surface area contributed by atoms with E-state index in [9.17, 15) is 4.79 Å². The summed E-state index contributed by atoms with van der Waals surface area (Å²) in [5, 5.41) is 1.13. The first kappa shape index (κ1) is 12.1. The molecule has 0 bridgehead atoms. The molecule has 19 heavy (non-hydrogen) atoms. The number of pyridine rings is 1. The van der Waals surface area contributed by atoms with Gasteiger partial charge in [0, 0.05) is 10.9 Å². The topological polar surface area (TPSA) is 30.0 Å². The molecular weight excluding hydrogens is 254 g/mol. The van der Waals surface area contributed by atoms with E-state index in [1.807, 2.05) is 49.4 Å². The Labute approximate surface area is 115 Å². The molecule has 0 amide bonds. The number of rotatable bonds is 3. The van der Waals surface area contributed by atoms with Crippen LogP contribution in [0.5, 0.6) is 0 Å². The van der Waals surface area contributed by atoms with E-state index in [0.717, 1.165) is 26.2 Å². The molecule has 0 saturated carbocycles. The number of thiophene rings is 1. The van der Waals surface area contributed by atoms with E-state index in [2.05, 4.69) is 4.98 Å². The highest BCUT2D eigenvalue weighted by atomic mass is 32.1. The highest BCUT2D eigenvalue weighted by Crippen LogP contribution is 2.26. The molecule has 94 valence electrons. The number of carbonyl (C=O) groups is 1. The van der Waals surface area contributed by atoms with E-state index in [1.54, 1.807) is 17.5 Å². The second-order valence-electron chi connectivity index (χ2n) is 4.52. The summed E-state index contributed by atoms with van der Waals surface area (Å²) in [6, 6.07) is 13.9. The Morgan fingerprint density at radius 2 is 2.05 bits per heavy atom. The molecule has 3 rings (SSSR count). The fraction of sp³-hybridized carbons (Fsp3) is 0.125. The Hall–Kier alpha value is -2.00. The summed E-state index contributed by atoms with van der Waals surface area (Å²) in [7, 11) is 0. The number of benzene rings is 1. The highest BCUT2D eigenvalue weighted by Gasteiger charge is 2.12. The van der Waals surface area contributed by atoms with Crippen molar-refractivity contribution in [2.45, 2.75) is 13.3 Å². The smallest absolute Gasteiger partial charge is 0.178 e. The van der Waals surface area contributed by atoms with Gasteiger partial charge in [0.05, 0.1) is 17.0 Å². The third-order valence-electron chi connectivity index (χ3n) is 3.15.